The minimum Gasteiger partial charge on any atom is -0.487 e. The van der Waals surface area contributed by atoms with Gasteiger partial charge in [-0.2, -0.15) is 0 Å². The Labute approximate surface area is 294 Å². The number of ether oxygens (including phenoxy) is 3. The number of alkyl carbamates (subject to hydrolysis) is 1. The van der Waals surface area contributed by atoms with E-state index in [1.165, 1.54) is 23.3 Å². The molecule has 0 bridgehead atoms. The van der Waals surface area contributed by atoms with E-state index >= 15 is 0 Å². The van der Waals surface area contributed by atoms with Crippen LogP contribution < -0.4 is 15.4 Å². The summed E-state index contributed by atoms with van der Waals surface area (Å²) in [4.78, 5) is 66.1. The van der Waals surface area contributed by atoms with Gasteiger partial charge < -0.3 is 34.3 Å². The molecule has 3 fully saturated rings. The molecule has 3 aromatic rings. The molecule has 50 heavy (non-hydrogen) atoms. The zero-order valence-electron chi connectivity index (χ0n) is 28.5. The van der Waals surface area contributed by atoms with Gasteiger partial charge in [0.25, 0.3) is 0 Å². The molecule has 2 aliphatic heterocycles. The first-order valence-corrected chi connectivity index (χ1v) is 18.4. The summed E-state index contributed by atoms with van der Waals surface area (Å²) in [5.74, 6) is -0.137. The minimum atomic E-state index is -1.19. The quantitative estimate of drug-likeness (QED) is 0.276. The van der Waals surface area contributed by atoms with Crippen LogP contribution in [0.2, 0.25) is 0 Å². The van der Waals surface area contributed by atoms with E-state index in [1.54, 1.807) is 18.5 Å². The van der Waals surface area contributed by atoms with Gasteiger partial charge in [0, 0.05) is 38.0 Å². The normalized spacial score (nSPS) is 27.5. The van der Waals surface area contributed by atoms with Crippen molar-refractivity contribution in [2.75, 3.05) is 13.7 Å². The van der Waals surface area contributed by atoms with Crippen molar-refractivity contribution in [3.05, 3.63) is 42.9 Å². The van der Waals surface area contributed by atoms with Crippen molar-refractivity contribution in [3.63, 3.8) is 0 Å². The Kier molecular flexibility index (Phi) is 9.80. The maximum absolute atomic E-state index is 14.4. The van der Waals surface area contributed by atoms with Gasteiger partial charge in [-0.05, 0) is 63.5 Å². The van der Waals surface area contributed by atoms with Crippen LogP contribution in [0.15, 0.2) is 42.9 Å². The highest BCUT2D eigenvalue weighted by molar-refractivity contribution is 7.22. The van der Waals surface area contributed by atoms with Crippen molar-refractivity contribution in [2.24, 2.45) is 13.0 Å². The number of allylic oxidation sites excluding steroid dienone is 1. The second-order valence-electron chi connectivity index (χ2n) is 13.8. The van der Waals surface area contributed by atoms with Gasteiger partial charge in [-0.15, -0.1) is 11.3 Å². The summed E-state index contributed by atoms with van der Waals surface area (Å²) in [7, 11) is 3.24. The van der Waals surface area contributed by atoms with Crippen LogP contribution in [0.25, 0.3) is 20.9 Å². The summed E-state index contributed by atoms with van der Waals surface area (Å²) < 4.78 is 20.2. The molecule has 2 N–H and O–H groups in total. The Morgan fingerprint density at radius 2 is 1.88 bits per heavy atom. The molecule has 1 saturated heterocycles. The lowest BCUT2D eigenvalue weighted by atomic mass is 10.0. The van der Waals surface area contributed by atoms with Crippen LogP contribution in [-0.4, -0.2) is 86.8 Å². The third kappa shape index (κ3) is 6.94. The third-order valence-electron chi connectivity index (χ3n) is 10.4. The number of thiophene rings is 1. The van der Waals surface area contributed by atoms with Crippen molar-refractivity contribution in [2.45, 2.75) is 100 Å². The number of hydrogen-bond donors (Lipinski definition) is 2. The lowest BCUT2D eigenvalue weighted by Gasteiger charge is -2.29. The van der Waals surface area contributed by atoms with E-state index in [0.29, 0.717) is 25.0 Å². The van der Waals surface area contributed by atoms with Crippen LogP contribution in [0.3, 0.4) is 0 Å². The molecule has 0 unspecified atom stereocenters. The molecule has 0 radical (unpaired) electrons. The summed E-state index contributed by atoms with van der Waals surface area (Å²) in [6.45, 7) is 0.114. The highest BCUT2D eigenvalue weighted by atomic mass is 32.1. The third-order valence-corrected chi connectivity index (χ3v) is 11.5. The van der Waals surface area contributed by atoms with Crippen molar-refractivity contribution in [1.82, 2.24) is 30.1 Å². The number of amides is 3. The molecule has 2 aliphatic carbocycles. The number of fused-ring (bicyclic) bond motifs is 3. The Morgan fingerprint density at radius 1 is 1.06 bits per heavy atom. The Balaban J connectivity index is 1.17. The zero-order valence-corrected chi connectivity index (χ0v) is 29.3. The topological polar surface area (TPSA) is 154 Å². The van der Waals surface area contributed by atoms with E-state index in [-0.39, 0.29) is 30.9 Å². The molecule has 7 rings (SSSR count). The fraction of sp³-hybridized carbons (Fsp3) is 0.556. The number of aryl methyl sites for hydroxylation is 1. The highest BCUT2D eigenvalue weighted by Crippen LogP contribution is 2.46. The number of nitrogens with zero attached hydrogens (tertiary/aromatic N) is 4. The van der Waals surface area contributed by atoms with Crippen LogP contribution in [0.4, 0.5) is 4.79 Å². The Morgan fingerprint density at radius 3 is 2.66 bits per heavy atom. The first-order valence-electron chi connectivity index (χ1n) is 17.6. The molecule has 2 saturated carbocycles. The number of imidazole rings is 1. The molecule has 14 heteroatoms. The van der Waals surface area contributed by atoms with Crippen LogP contribution in [0.1, 0.15) is 70.6 Å². The fourth-order valence-corrected chi connectivity index (χ4v) is 8.66. The SMILES string of the molecule is COC(=O)[C@@]12C[C@H]1C=CCCCCC[C@H](NC(=O)OC1CCCC1)C(=O)N1C[C@H](Oc3ccnc4cc(-c5nccn5C)sc34)C[C@H]1C(=O)N2. The smallest absolute Gasteiger partial charge is 0.408 e. The maximum Gasteiger partial charge on any atom is 0.408 e. The van der Waals surface area contributed by atoms with Crippen molar-refractivity contribution >= 4 is 45.4 Å². The summed E-state index contributed by atoms with van der Waals surface area (Å²) in [6, 6.07) is 1.93. The molecule has 4 aliphatic rings. The predicted molar refractivity (Wildman–Crippen MR) is 185 cm³/mol. The van der Waals surface area contributed by atoms with Gasteiger partial charge in [-0.1, -0.05) is 25.0 Å². The summed E-state index contributed by atoms with van der Waals surface area (Å²) in [5.41, 5.74) is -0.431. The molecule has 3 aromatic heterocycles. The summed E-state index contributed by atoms with van der Waals surface area (Å²) >= 11 is 1.51. The molecular formula is C36H44N6O7S. The number of carbonyl (C=O) groups excluding carboxylic acids is 4. The van der Waals surface area contributed by atoms with Crippen LogP contribution in [-0.2, 0) is 30.9 Å². The van der Waals surface area contributed by atoms with Crippen molar-refractivity contribution < 1.29 is 33.4 Å². The van der Waals surface area contributed by atoms with E-state index in [9.17, 15) is 19.2 Å². The van der Waals surface area contributed by atoms with Crippen LogP contribution >= 0.6 is 11.3 Å². The van der Waals surface area contributed by atoms with Gasteiger partial charge in [0.05, 0.1) is 28.7 Å². The van der Waals surface area contributed by atoms with Gasteiger partial charge in [0.1, 0.15) is 41.4 Å². The van der Waals surface area contributed by atoms with Gasteiger partial charge in [0.2, 0.25) is 11.8 Å². The fourth-order valence-electron chi connectivity index (χ4n) is 7.55. The molecule has 0 aromatic carbocycles. The van der Waals surface area contributed by atoms with Gasteiger partial charge >= 0.3 is 12.1 Å². The number of pyridine rings is 1. The van der Waals surface area contributed by atoms with E-state index in [0.717, 1.165) is 65.9 Å². The molecule has 3 amide bonds. The number of nitrogens with one attached hydrogen (secondary N) is 2. The molecule has 0 spiro atoms. The molecular weight excluding hydrogens is 660 g/mol. The van der Waals surface area contributed by atoms with E-state index < -0.39 is 41.7 Å². The van der Waals surface area contributed by atoms with Crippen molar-refractivity contribution in [1.29, 1.82) is 0 Å². The first-order chi connectivity index (χ1) is 24.3. The largest absolute Gasteiger partial charge is 0.487 e. The van der Waals surface area contributed by atoms with Crippen molar-refractivity contribution in [3.8, 4) is 16.5 Å². The van der Waals surface area contributed by atoms with E-state index in [1.807, 2.05) is 36.0 Å². The minimum absolute atomic E-state index is 0.114. The molecule has 266 valence electrons. The maximum atomic E-state index is 14.4. The lowest BCUT2D eigenvalue weighted by Crippen LogP contribution is -2.56. The summed E-state index contributed by atoms with van der Waals surface area (Å²) in [5, 5.41) is 5.83. The predicted octanol–water partition coefficient (Wildman–Crippen LogP) is 4.65. The number of carbonyl (C=O) groups is 4. The van der Waals surface area contributed by atoms with Gasteiger partial charge in [-0.25, -0.2) is 14.6 Å². The average Bonchev–Trinajstić information content (AvgIpc) is 3.69. The number of rotatable bonds is 6. The number of methoxy groups -OCH3 is 1. The monoisotopic (exact) mass is 704 g/mol. The zero-order chi connectivity index (χ0) is 34.8. The second kappa shape index (κ2) is 14.4. The number of esters is 1. The van der Waals surface area contributed by atoms with Gasteiger partial charge in [0.15, 0.2) is 0 Å². The number of hydrogen-bond acceptors (Lipinski definition) is 10. The van der Waals surface area contributed by atoms with Crippen LogP contribution in [0.5, 0.6) is 5.75 Å². The average molecular weight is 705 g/mol. The van der Waals surface area contributed by atoms with Crippen LogP contribution in [0, 0.1) is 5.92 Å². The van der Waals surface area contributed by atoms with E-state index in [2.05, 4.69) is 20.6 Å². The first kappa shape index (κ1) is 34.0. The standard InChI is InChI=1S/C36H44N6O7S/c1-41-17-16-38-31(41)29-19-26-30(50-29)28(14-15-37-26)48-24-18-27-32(43)40-36(34(45)47-2)20-22(36)10-6-4-3-5-7-13-25(33(44)42(27)21-24)39-35(46)49-23-11-8-9-12-23/h6,10,14-17,19,22-25,27H,3-5,7-9,11-13,18,20-21H2,1-2H3,(H,39,46)(H,40,43)/t22-,24-,25+,27+,36-/m1/s1. The van der Waals surface area contributed by atoms with E-state index in [4.69, 9.17) is 14.2 Å². The second-order valence-corrected chi connectivity index (χ2v) is 14.9. The van der Waals surface area contributed by atoms with Gasteiger partial charge in [-0.3, -0.25) is 14.6 Å². The summed E-state index contributed by atoms with van der Waals surface area (Å²) in [6.07, 6.45) is 15.9. The number of aromatic nitrogens is 3. The highest BCUT2D eigenvalue weighted by Gasteiger charge is 2.62. The molecule has 5 atom stereocenters. The Bertz CT molecular complexity index is 1780. The Hall–Kier alpha value is -4.46. The molecule has 13 nitrogen and oxygen atoms in total. The molecule has 5 heterocycles. The lowest BCUT2D eigenvalue weighted by molar-refractivity contribution is -0.148.